The summed E-state index contributed by atoms with van der Waals surface area (Å²) in [5.41, 5.74) is -0.364. The van der Waals surface area contributed by atoms with Crippen LogP contribution in [0.25, 0.3) is 0 Å². The summed E-state index contributed by atoms with van der Waals surface area (Å²) in [4.78, 5) is 21.3. The Morgan fingerprint density at radius 2 is 2.36 bits per heavy atom. The molecule has 0 saturated carbocycles. The molecule has 0 aliphatic heterocycles. The number of carbonyl (C=O) groups is 1. The minimum atomic E-state index is -1.11. The lowest BCUT2D eigenvalue weighted by atomic mass is 10.2. The maximum atomic E-state index is 11.1. The van der Waals surface area contributed by atoms with E-state index in [1.54, 1.807) is 0 Å². The maximum absolute atomic E-state index is 11.1. The van der Waals surface area contributed by atoms with Gasteiger partial charge in [-0.2, -0.15) is 5.10 Å². The Bertz CT molecular complexity index is 374. The normalized spacial score (nSPS) is 12.4. The fourth-order valence-corrected chi connectivity index (χ4v) is 0.990. The zero-order chi connectivity index (χ0) is 10.6. The third kappa shape index (κ3) is 2.98. The van der Waals surface area contributed by atoms with Gasteiger partial charge in [-0.15, -0.1) is 0 Å². The number of nitrogens with zero attached hydrogens (tertiary/aromatic N) is 2. The molecule has 1 aromatic heterocycles. The average molecular weight is 198 g/mol. The molecule has 1 atom stereocenters. The zero-order valence-corrected chi connectivity index (χ0v) is 7.33. The summed E-state index contributed by atoms with van der Waals surface area (Å²) in [5, 5.41) is 21.3. The van der Waals surface area contributed by atoms with Gasteiger partial charge in [0.05, 0.1) is 19.1 Å². The van der Waals surface area contributed by atoms with Crippen LogP contribution in [-0.2, 0) is 11.3 Å². The van der Waals surface area contributed by atoms with Crippen molar-refractivity contribution in [3.05, 3.63) is 28.7 Å². The van der Waals surface area contributed by atoms with Crippen LogP contribution in [-0.4, -0.2) is 32.1 Å². The Balaban J connectivity index is 2.65. The highest BCUT2D eigenvalue weighted by Gasteiger charge is 2.10. The van der Waals surface area contributed by atoms with Gasteiger partial charge in [-0.1, -0.05) is 0 Å². The van der Waals surface area contributed by atoms with Crippen LogP contribution in [0, 0.1) is 0 Å². The predicted molar refractivity (Wildman–Crippen MR) is 46.8 cm³/mol. The van der Waals surface area contributed by atoms with Crippen molar-refractivity contribution in [2.45, 2.75) is 19.1 Å². The molecule has 0 fully saturated rings. The van der Waals surface area contributed by atoms with Crippen LogP contribution in [0.15, 0.2) is 23.1 Å². The second kappa shape index (κ2) is 4.52. The molecule has 1 heterocycles. The average Bonchev–Trinajstić information content (AvgIpc) is 2.07. The highest BCUT2D eigenvalue weighted by atomic mass is 16.4. The molecule has 14 heavy (non-hydrogen) atoms. The minimum Gasteiger partial charge on any atom is -0.481 e. The van der Waals surface area contributed by atoms with E-state index in [0.717, 1.165) is 4.68 Å². The van der Waals surface area contributed by atoms with E-state index in [9.17, 15) is 14.7 Å². The summed E-state index contributed by atoms with van der Waals surface area (Å²) in [7, 11) is 0. The Hall–Kier alpha value is -1.69. The molecule has 2 N–H and O–H groups in total. The van der Waals surface area contributed by atoms with Gasteiger partial charge in [-0.05, 0) is 6.07 Å². The third-order valence-electron chi connectivity index (χ3n) is 1.58. The molecule has 1 unspecified atom stereocenters. The van der Waals surface area contributed by atoms with E-state index in [4.69, 9.17) is 5.11 Å². The molecule has 1 aromatic rings. The van der Waals surface area contributed by atoms with Gasteiger partial charge in [0, 0.05) is 12.3 Å². The van der Waals surface area contributed by atoms with E-state index in [-0.39, 0.29) is 12.1 Å². The third-order valence-corrected chi connectivity index (χ3v) is 1.58. The summed E-state index contributed by atoms with van der Waals surface area (Å²) in [5.74, 6) is -1.11. The lowest BCUT2D eigenvalue weighted by molar-refractivity contribution is -0.139. The molecule has 0 aromatic carbocycles. The number of carboxylic acids is 1. The quantitative estimate of drug-likeness (QED) is 0.652. The number of hydrogen-bond acceptors (Lipinski definition) is 4. The van der Waals surface area contributed by atoms with Crippen molar-refractivity contribution in [3.8, 4) is 0 Å². The van der Waals surface area contributed by atoms with Crippen LogP contribution in [0.2, 0.25) is 0 Å². The number of aliphatic hydroxyl groups is 1. The molecule has 1 rings (SSSR count). The molecule has 0 aliphatic rings. The van der Waals surface area contributed by atoms with Crippen LogP contribution in [0.4, 0.5) is 0 Å². The van der Waals surface area contributed by atoms with Crippen molar-refractivity contribution in [2.24, 2.45) is 0 Å². The van der Waals surface area contributed by atoms with Crippen LogP contribution in [0.1, 0.15) is 6.42 Å². The van der Waals surface area contributed by atoms with Crippen molar-refractivity contribution < 1.29 is 15.0 Å². The van der Waals surface area contributed by atoms with Gasteiger partial charge in [0.25, 0.3) is 5.56 Å². The summed E-state index contributed by atoms with van der Waals surface area (Å²) in [6, 6.07) is 2.77. The van der Waals surface area contributed by atoms with Crippen LogP contribution in [0.3, 0.4) is 0 Å². The highest BCUT2D eigenvalue weighted by molar-refractivity contribution is 5.67. The number of rotatable bonds is 4. The van der Waals surface area contributed by atoms with Crippen LogP contribution < -0.4 is 5.56 Å². The lowest BCUT2D eigenvalue weighted by Crippen LogP contribution is -2.29. The van der Waals surface area contributed by atoms with E-state index in [1.807, 2.05) is 0 Å². The van der Waals surface area contributed by atoms with Crippen molar-refractivity contribution in [1.82, 2.24) is 9.78 Å². The first-order chi connectivity index (χ1) is 6.59. The first-order valence-electron chi connectivity index (χ1n) is 4.01. The number of hydrogen-bond donors (Lipinski definition) is 2. The van der Waals surface area contributed by atoms with Gasteiger partial charge in [0.2, 0.25) is 0 Å². The minimum absolute atomic E-state index is 0.105. The van der Waals surface area contributed by atoms with Crippen molar-refractivity contribution >= 4 is 5.97 Å². The molecule has 76 valence electrons. The number of aromatic nitrogens is 2. The van der Waals surface area contributed by atoms with Crippen molar-refractivity contribution in [2.75, 3.05) is 0 Å². The highest BCUT2D eigenvalue weighted by Crippen LogP contribution is 1.93. The Morgan fingerprint density at radius 3 is 2.93 bits per heavy atom. The second-order valence-corrected chi connectivity index (χ2v) is 2.80. The van der Waals surface area contributed by atoms with E-state index in [2.05, 4.69) is 5.10 Å². The molecule has 0 bridgehead atoms. The van der Waals surface area contributed by atoms with Crippen molar-refractivity contribution in [1.29, 1.82) is 0 Å². The summed E-state index contributed by atoms with van der Waals surface area (Å²) >= 11 is 0. The zero-order valence-electron chi connectivity index (χ0n) is 7.33. The van der Waals surface area contributed by atoms with Crippen LogP contribution in [0.5, 0.6) is 0 Å². The number of carboxylic acid groups (broad SMARTS) is 1. The summed E-state index contributed by atoms with van der Waals surface area (Å²) < 4.78 is 1.02. The maximum Gasteiger partial charge on any atom is 0.306 e. The monoisotopic (exact) mass is 198 g/mol. The standard InChI is InChI=1S/C8H10N2O4/c11-6(4-8(13)14)5-10-7(12)2-1-3-9-10/h1-3,6,11H,4-5H2,(H,13,14). The summed E-state index contributed by atoms with van der Waals surface area (Å²) in [6.07, 6.45) is -0.0992. The fraction of sp³-hybridized carbons (Fsp3) is 0.375. The Kier molecular flexibility index (Phi) is 3.35. The molecular formula is C8H10N2O4. The van der Waals surface area contributed by atoms with Crippen molar-refractivity contribution in [3.63, 3.8) is 0 Å². The molecule has 0 aliphatic carbocycles. The SMILES string of the molecule is O=C(O)CC(O)Cn1ncccc1=O. The molecule has 0 radical (unpaired) electrons. The lowest BCUT2D eigenvalue weighted by Gasteiger charge is -2.08. The number of aliphatic hydroxyl groups excluding tert-OH is 1. The summed E-state index contributed by atoms with van der Waals surface area (Å²) in [6.45, 7) is -0.105. The fourth-order valence-electron chi connectivity index (χ4n) is 0.990. The molecule has 0 amide bonds. The second-order valence-electron chi connectivity index (χ2n) is 2.80. The first-order valence-corrected chi connectivity index (χ1v) is 4.01. The van der Waals surface area contributed by atoms with E-state index < -0.39 is 18.5 Å². The van der Waals surface area contributed by atoms with Gasteiger partial charge in [0.1, 0.15) is 0 Å². The molecular weight excluding hydrogens is 188 g/mol. The van der Waals surface area contributed by atoms with E-state index >= 15 is 0 Å². The number of aliphatic carboxylic acids is 1. The Morgan fingerprint density at radius 1 is 1.64 bits per heavy atom. The topological polar surface area (TPSA) is 92.4 Å². The molecule has 0 saturated heterocycles. The predicted octanol–water partition coefficient (Wildman–Crippen LogP) is -0.921. The molecule has 0 spiro atoms. The largest absolute Gasteiger partial charge is 0.481 e. The smallest absolute Gasteiger partial charge is 0.306 e. The van der Waals surface area contributed by atoms with Gasteiger partial charge in [-0.3, -0.25) is 9.59 Å². The van der Waals surface area contributed by atoms with Gasteiger partial charge < -0.3 is 10.2 Å². The first kappa shape index (κ1) is 10.4. The van der Waals surface area contributed by atoms with Gasteiger partial charge in [0.15, 0.2) is 0 Å². The van der Waals surface area contributed by atoms with E-state index in [0.29, 0.717) is 0 Å². The Labute approximate surface area is 79.4 Å². The van der Waals surface area contributed by atoms with E-state index in [1.165, 1.54) is 18.3 Å². The van der Waals surface area contributed by atoms with Crippen LogP contribution >= 0.6 is 0 Å². The molecule has 6 nitrogen and oxygen atoms in total. The van der Waals surface area contributed by atoms with Gasteiger partial charge >= 0.3 is 5.97 Å². The van der Waals surface area contributed by atoms with Gasteiger partial charge in [-0.25, -0.2) is 4.68 Å². The molecule has 6 heteroatoms.